The summed E-state index contributed by atoms with van der Waals surface area (Å²) in [5, 5.41) is 3.11. The van der Waals surface area contributed by atoms with Crippen molar-refractivity contribution in [2.75, 3.05) is 25.5 Å². The molecule has 1 saturated heterocycles. The molecule has 0 amide bonds. The Morgan fingerprint density at radius 2 is 2.27 bits per heavy atom. The van der Waals surface area contributed by atoms with Gasteiger partial charge in [-0.15, -0.1) is 0 Å². The first kappa shape index (κ1) is 10.3. The molecule has 1 aliphatic heterocycles. The second-order valence-corrected chi connectivity index (χ2v) is 3.88. The van der Waals surface area contributed by atoms with E-state index in [1.54, 1.807) is 0 Å². The van der Waals surface area contributed by atoms with E-state index in [-0.39, 0.29) is 0 Å². The highest BCUT2D eigenvalue weighted by Gasteiger charge is 2.20. The van der Waals surface area contributed by atoms with E-state index in [4.69, 9.17) is 0 Å². The molecule has 15 heavy (non-hydrogen) atoms. The lowest BCUT2D eigenvalue weighted by atomic mass is 10.2. The van der Waals surface area contributed by atoms with Crippen molar-refractivity contribution in [2.24, 2.45) is 0 Å². The van der Waals surface area contributed by atoms with E-state index in [0.29, 0.717) is 12.0 Å². The van der Waals surface area contributed by atoms with Crippen LogP contribution in [0.2, 0.25) is 0 Å². The predicted molar refractivity (Wildman–Crippen MR) is 56.1 cm³/mol. The van der Waals surface area contributed by atoms with E-state index in [1.807, 2.05) is 0 Å². The number of hydrogen-bond donors (Lipinski definition) is 1. The maximum absolute atomic E-state index is 12.5. The highest BCUT2D eigenvalue weighted by Crippen LogP contribution is 2.14. The molecule has 1 aromatic heterocycles. The van der Waals surface area contributed by atoms with Crippen LogP contribution in [-0.4, -0.2) is 41.0 Å². The Balaban J connectivity index is 1.85. The normalized spacial score (nSPS) is 21.9. The molecule has 2 heterocycles. The summed E-state index contributed by atoms with van der Waals surface area (Å²) in [7, 11) is 2.12. The number of halogens is 1. The third-order valence-electron chi connectivity index (χ3n) is 2.79. The molecular weight excluding hydrogens is 195 g/mol. The number of rotatable bonds is 3. The van der Waals surface area contributed by atoms with Gasteiger partial charge in [-0.05, 0) is 26.4 Å². The second kappa shape index (κ2) is 4.53. The summed E-state index contributed by atoms with van der Waals surface area (Å²) in [5.74, 6) is 0.0928. The molecule has 1 aromatic rings. The molecule has 1 fully saturated rings. The lowest BCUT2D eigenvalue weighted by Gasteiger charge is -2.19. The van der Waals surface area contributed by atoms with Crippen molar-refractivity contribution in [3.05, 3.63) is 18.2 Å². The van der Waals surface area contributed by atoms with Gasteiger partial charge in [-0.1, -0.05) is 0 Å². The molecule has 0 spiro atoms. The fraction of sp³-hybridized carbons (Fsp3) is 0.600. The van der Waals surface area contributed by atoms with Crippen molar-refractivity contribution in [3.8, 4) is 0 Å². The molecule has 82 valence electrons. The van der Waals surface area contributed by atoms with E-state index in [9.17, 15) is 4.39 Å². The summed E-state index contributed by atoms with van der Waals surface area (Å²) < 4.78 is 12.5. The highest BCUT2D eigenvalue weighted by atomic mass is 19.1. The minimum absolute atomic E-state index is 0.404. The predicted octanol–water partition coefficient (Wildman–Crippen LogP) is 1.12. The van der Waals surface area contributed by atoms with Crippen LogP contribution in [0.3, 0.4) is 0 Å². The number of hydrogen-bond acceptors (Lipinski definition) is 4. The molecule has 0 aliphatic carbocycles. The third-order valence-corrected chi connectivity index (χ3v) is 2.79. The summed E-state index contributed by atoms with van der Waals surface area (Å²) >= 11 is 0. The average Bonchev–Trinajstić information content (AvgIpc) is 2.63. The van der Waals surface area contributed by atoms with Crippen molar-refractivity contribution in [2.45, 2.75) is 18.9 Å². The third kappa shape index (κ3) is 2.62. The molecule has 0 aromatic carbocycles. The molecule has 1 unspecified atom stereocenters. The monoisotopic (exact) mass is 210 g/mol. The first-order valence-corrected chi connectivity index (χ1v) is 5.17. The van der Waals surface area contributed by atoms with Crippen LogP contribution in [0.25, 0.3) is 0 Å². The van der Waals surface area contributed by atoms with Gasteiger partial charge in [0.25, 0.3) is 0 Å². The quantitative estimate of drug-likeness (QED) is 0.811. The highest BCUT2D eigenvalue weighted by molar-refractivity contribution is 5.22. The summed E-state index contributed by atoms with van der Waals surface area (Å²) in [6.07, 6.45) is 4.79. The Labute approximate surface area is 88.5 Å². The van der Waals surface area contributed by atoms with Crippen LogP contribution in [0.4, 0.5) is 10.3 Å². The van der Waals surface area contributed by atoms with Crippen molar-refractivity contribution in [1.29, 1.82) is 0 Å². The fourth-order valence-corrected chi connectivity index (χ4v) is 1.85. The van der Waals surface area contributed by atoms with E-state index in [0.717, 1.165) is 13.1 Å². The molecule has 0 bridgehead atoms. The van der Waals surface area contributed by atoms with Crippen molar-refractivity contribution >= 4 is 5.95 Å². The van der Waals surface area contributed by atoms with Crippen LogP contribution in [0.1, 0.15) is 12.8 Å². The first-order valence-electron chi connectivity index (χ1n) is 5.17. The Morgan fingerprint density at radius 1 is 1.53 bits per heavy atom. The van der Waals surface area contributed by atoms with Crippen LogP contribution in [0.5, 0.6) is 0 Å². The minimum Gasteiger partial charge on any atom is -0.353 e. The molecule has 1 N–H and O–H groups in total. The Bertz CT molecular complexity index is 314. The number of likely N-dealkylation sites (N-methyl/N-ethyl adjacent to an activating group) is 1. The minimum atomic E-state index is -0.404. The Hall–Kier alpha value is -1.23. The topological polar surface area (TPSA) is 41.0 Å². The summed E-state index contributed by atoms with van der Waals surface area (Å²) in [6, 6.07) is 0.540. The zero-order valence-electron chi connectivity index (χ0n) is 8.78. The number of aromatic nitrogens is 2. The largest absolute Gasteiger partial charge is 0.353 e. The van der Waals surface area contributed by atoms with E-state index >= 15 is 0 Å². The van der Waals surface area contributed by atoms with Crippen molar-refractivity contribution in [3.63, 3.8) is 0 Å². The molecular formula is C10H15FN4. The molecule has 0 saturated carbocycles. The van der Waals surface area contributed by atoms with Crippen LogP contribution < -0.4 is 5.32 Å². The first-order chi connectivity index (χ1) is 7.25. The van der Waals surface area contributed by atoms with Crippen LogP contribution in [0.15, 0.2) is 12.4 Å². The number of likely N-dealkylation sites (tertiary alicyclic amines) is 1. The van der Waals surface area contributed by atoms with Crippen LogP contribution in [-0.2, 0) is 0 Å². The van der Waals surface area contributed by atoms with Gasteiger partial charge in [0.15, 0.2) is 5.82 Å². The maximum atomic E-state index is 12.5. The van der Waals surface area contributed by atoms with Gasteiger partial charge in [-0.3, -0.25) is 0 Å². The zero-order chi connectivity index (χ0) is 10.7. The lowest BCUT2D eigenvalue weighted by molar-refractivity contribution is 0.322. The molecule has 4 nitrogen and oxygen atoms in total. The van der Waals surface area contributed by atoms with Crippen molar-refractivity contribution < 1.29 is 4.39 Å². The van der Waals surface area contributed by atoms with Gasteiger partial charge in [0.2, 0.25) is 5.95 Å². The standard InChI is InChI=1S/C10H15FN4/c1-15-4-2-3-9(15)7-14-10-12-5-8(11)6-13-10/h5-6,9H,2-4,7H2,1H3,(H,12,13,14). The number of nitrogens with one attached hydrogen (secondary N) is 1. The van der Waals surface area contributed by atoms with Gasteiger partial charge >= 0.3 is 0 Å². The lowest BCUT2D eigenvalue weighted by Crippen LogP contribution is -2.31. The van der Waals surface area contributed by atoms with Crippen LogP contribution >= 0.6 is 0 Å². The molecule has 1 aliphatic rings. The summed E-state index contributed by atoms with van der Waals surface area (Å²) in [4.78, 5) is 10.0. The number of nitrogens with zero attached hydrogens (tertiary/aromatic N) is 3. The smallest absolute Gasteiger partial charge is 0.222 e. The second-order valence-electron chi connectivity index (χ2n) is 3.88. The molecule has 1 atom stereocenters. The molecule has 5 heteroatoms. The zero-order valence-corrected chi connectivity index (χ0v) is 8.78. The van der Waals surface area contributed by atoms with E-state index in [2.05, 4.69) is 27.2 Å². The molecule has 0 radical (unpaired) electrons. The van der Waals surface area contributed by atoms with E-state index < -0.39 is 5.82 Å². The van der Waals surface area contributed by atoms with Crippen molar-refractivity contribution in [1.82, 2.24) is 14.9 Å². The maximum Gasteiger partial charge on any atom is 0.222 e. The fourth-order valence-electron chi connectivity index (χ4n) is 1.85. The van der Waals surface area contributed by atoms with Crippen LogP contribution in [0, 0.1) is 5.82 Å². The van der Waals surface area contributed by atoms with E-state index in [1.165, 1.54) is 25.2 Å². The van der Waals surface area contributed by atoms with Gasteiger partial charge in [-0.25, -0.2) is 14.4 Å². The van der Waals surface area contributed by atoms with Gasteiger partial charge in [-0.2, -0.15) is 0 Å². The van der Waals surface area contributed by atoms with Gasteiger partial charge in [0.1, 0.15) is 0 Å². The van der Waals surface area contributed by atoms with Gasteiger partial charge < -0.3 is 10.2 Å². The average molecular weight is 210 g/mol. The molecule has 2 rings (SSSR count). The van der Waals surface area contributed by atoms with Gasteiger partial charge in [0, 0.05) is 12.6 Å². The summed E-state index contributed by atoms with van der Waals surface area (Å²) in [5.41, 5.74) is 0. The van der Waals surface area contributed by atoms with Gasteiger partial charge in [0.05, 0.1) is 12.4 Å². The SMILES string of the molecule is CN1CCCC1CNc1ncc(F)cn1. The number of anilines is 1. The Morgan fingerprint density at radius 3 is 2.87 bits per heavy atom. The summed E-state index contributed by atoms with van der Waals surface area (Å²) in [6.45, 7) is 1.97. The Kier molecular flexibility index (Phi) is 3.11.